The topological polar surface area (TPSA) is 75.3 Å². The monoisotopic (exact) mass is 412 g/mol. The molecule has 0 aliphatic rings. The minimum atomic E-state index is -0.672. The molecule has 0 saturated carbocycles. The summed E-state index contributed by atoms with van der Waals surface area (Å²) in [7, 11) is 0. The van der Waals surface area contributed by atoms with Crippen LogP contribution in [-0.4, -0.2) is 29.7 Å². The zero-order valence-electron chi connectivity index (χ0n) is 19.2. The van der Waals surface area contributed by atoms with Crippen molar-refractivity contribution in [2.45, 2.75) is 78.4 Å². The van der Waals surface area contributed by atoms with Crippen molar-refractivity contribution in [3.05, 3.63) is 48.0 Å². The highest BCUT2D eigenvalue weighted by atomic mass is 16.3. The summed E-state index contributed by atoms with van der Waals surface area (Å²) in [6, 6.07) is 14.6. The van der Waals surface area contributed by atoms with Crippen LogP contribution in [0.5, 0.6) is 0 Å². The van der Waals surface area contributed by atoms with Crippen molar-refractivity contribution in [2.24, 2.45) is 17.1 Å². The number of fused-ring (bicyclic) bond motifs is 1. The van der Waals surface area contributed by atoms with Gasteiger partial charge in [0.1, 0.15) is 0 Å². The summed E-state index contributed by atoms with van der Waals surface area (Å²) in [5.41, 5.74) is 7.71. The van der Waals surface area contributed by atoms with Gasteiger partial charge in [0.25, 0.3) is 0 Å². The maximum Gasteiger partial charge on any atom is 0.222 e. The molecule has 3 atom stereocenters. The summed E-state index contributed by atoms with van der Waals surface area (Å²) < 4.78 is 0. The van der Waals surface area contributed by atoms with Gasteiger partial charge >= 0.3 is 0 Å². The third-order valence-electron chi connectivity index (χ3n) is 6.11. The first-order valence-corrected chi connectivity index (χ1v) is 11.4. The van der Waals surface area contributed by atoms with Gasteiger partial charge in [0, 0.05) is 18.5 Å². The number of unbranched alkanes of at least 4 members (excludes halogenated alkanes) is 1. The van der Waals surface area contributed by atoms with E-state index >= 15 is 0 Å². The number of amides is 1. The Morgan fingerprint density at radius 3 is 2.60 bits per heavy atom. The highest BCUT2D eigenvalue weighted by Gasteiger charge is 2.28. The predicted octanol–water partition coefficient (Wildman–Crippen LogP) is 4.82. The van der Waals surface area contributed by atoms with E-state index in [9.17, 15) is 9.90 Å². The first-order chi connectivity index (χ1) is 14.2. The van der Waals surface area contributed by atoms with Crippen LogP contribution in [0.4, 0.5) is 0 Å². The molecule has 0 spiro atoms. The lowest BCUT2D eigenvalue weighted by Gasteiger charge is -2.31. The van der Waals surface area contributed by atoms with Crippen LogP contribution in [0.1, 0.15) is 65.4 Å². The van der Waals surface area contributed by atoms with Gasteiger partial charge in [0.05, 0.1) is 6.10 Å². The van der Waals surface area contributed by atoms with Crippen molar-refractivity contribution in [1.29, 1.82) is 0 Å². The van der Waals surface area contributed by atoms with Crippen LogP contribution in [0.15, 0.2) is 42.5 Å². The molecule has 2 rings (SSSR count). The summed E-state index contributed by atoms with van der Waals surface area (Å²) in [5.74, 6) is -0.230. The van der Waals surface area contributed by atoms with Crippen molar-refractivity contribution < 1.29 is 9.90 Å². The molecule has 2 aromatic carbocycles. The van der Waals surface area contributed by atoms with Crippen molar-refractivity contribution in [3.63, 3.8) is 0 Å². The van der Waals surface area contributed by atoms with E-state index in [0.717, 1.165) is 32.1 Å². The molecule has 0 aromatic heterocycles. The van der Waals surface area contributed by atoms with Crippen LogP contribution in [-0.2, 0) is 11.2 Å². The fraction of sp³-hybridized carbons (Fsp3) is 0.577. The molecule has 0 heterocycles. The quantitative estimate of drug-likeness (QED) is 0.438. The minimum absolute atomic E-state index is 0.00393. The highest BCUT2D eigenvalue weighted by Crippen LogP contribution is 2.31. The molecular weight excluding hydrogens is 372 g/mol. The van der Waals surface area contributed by atoms with Crippen LogP contribution >= 0.6 is 0 Å². The molecule has 4 nitrogen and oxygen atoms in total. The molecule has 166 valence electrons. The number of hydrogen-bond acceptors (Lipinski definition) is 3. The SMILES string of the molecule is CCCCNC(=O)[C@H](C)C[C@H](O)[C@@H](N)CC(C)(C)CCc1cccc2ccccc12. The van der Waals surface area contributed by atoms with E-state index in [1.807, 2.05) is 6.92 Å². The Kier molecular flexibility index (Phi) is 9.32. The number of nitrogens with one attached hydrogen (secondary N) is 1. The standard InChI is InChI=1S/C26H40N2O2/c1-5-6-16-28-25(30)19(2)17-24(29)23(27)18-26(3,4)15-14-21-12-9-11-20-10-7-8-13-22(20)21/h7-13,19,23-24,29H,5-6,14-18,27H2,1-4H3,(H,28,30)/t19-,23+,24+/m1/s1. The van der Waals surface area contributed by atoms with E-state index in [1.54, 1.807) is 0 Å². The second kappa shape index (κ2) is 11.5. The number of aliphatic hydroxyl groups is 1. The molecule has 0 unspecified atom stereocenters. The average Bonchev–Trinajstić information content (AvgIpc) is 2.71. The van der Waals surface area contributed by atoms with E-state index in [2.05, 4.69) is 68.6 Å². The molecule has 0 radical (unpaired) electrons. The normalized spacial score (nSPS) is 15.0. The lowest BCUT2D eigenvalue weighted by molar-refractivity contribution is -0.125. The summed E-state index contributed by atoms with van der Waals surface area (Å²) in [6.45, 7) is 9.09. The number of aryl methyl sites for hydroxylation is 1. The van der Waals surface area contributed by atoms with E-state index in [-0.39, 0.29) is 23.3 Å². The maximum atomic E-state index is 12.2. The smallest absolute Gasteiger partial charge is 0.222 e. The molecule has 0 bridgehead atoms. The third kappa shape index (κ3) is 7.41. The van der Waals surface area contributed by atoms with Crippen molar-refractivity contribution in [1.82, 2.24) is 5.32 Å². The molecule has 30 heavy (non-hydrogen) atoms. The lowest BCUT2D eigenvalue weighted by Crippen LogP contribution is -2.41. The number of nitrogens with two attached hydrogens (primary N) is 1. The zero-order valence-corrected chi connectivity index (χ0v) is 19.2. The molecule has 2 aromatic rings. The number of hydrogen-bond donors (Lipinski definition) is 3. The van der Waals surface area contributed by atoms with Gasteiger partial charge in [-0.15, -0.1) is 0 Å². The van der Waals surface area contributed by atoms with Crippen LogP contribution in [0.25, 0.3) is 10.8 Å². The van der Waals surface area contributed by atoms with E-state index in [0.29, 0.717) is 13.0 Å². The van der Waals surface area contributed by atoms with Crippen LogP contribution in [0.2, 0.25) is 0 Å². The van der Waals surface area contributed by atoms with Gasteiger partial charge in [0.2, 0.25) is 5.91 Å². The first kappa shape index (κ1) is 24.4. The van der Waals surface area contributed by atoms with Crippen molar-refractivity contribution >= 4 is 16.7 Å². The largest absolute Gasteiger partial charge is 0.391 e. The van der Waals surface area contributed by atoms with Crippen molar-refractivity contribution in [3.8, 4) is 0 Å². The molecular formula is C26H40N2O2. The summed E-state index contributed by atoms with van der Waals surface area (Å²) >= 11 is 0. The zero-order chi connectivity index (χ0) is 22.1. The Hall–Kier alpha value is -1.91. The summed E-state index contributed by atoms with van der Waals surface area (Å²) in [6.07, 6.45) is 4.46. The van der Waals surface area contributed by atoms with E-state index in [4.69, 9.17) is 5.73 Å². The first-order valence-electron chi connectivity index (χ1n) is 11.4. The average molecular weight is 413 g/mol. The maximum absolute atomic E-state index is 12.2. The number of benzene rings is 2. The summed E-state index contributed by atoms with van der Waals surface area (Å²) in [5, 5.41) is 16.1. The van der Waals surface area contributed by atoms with Gasteiger partial charge in [-0.3, -0.25) is 4.79 Å². The second-order valence-electron chi connectivity index (χ2n) is 9.52. The Bertz CT molecular complexity index is 797. The number of carbonyl (C=O) groups is 1. The summed E-state index contributed by atoms with van der Waals surface area (Å²) in [4.78, 5) is 12.2. The molecule has 1 amide bonds. The molecule has 0 saturated heterocycles. The third-order valence-corrected chi connectivity index (χ3v) is 6.11. The van der Waals surface area contributed by atoms with Gasteiger partial charge in [-0.25, -0.2) is 0 Å². The Balaban J connectivity index is 1.86. The van der Waals surface area contributed by atoms with Crippen molar-refractivity contribution in [2.75, 3.05) is 6.54 Å². The second-order valence-corrected chi connectivity index (χ2v) is 9.52. The Labute approximate surface area is 182 Å². The van der Waals surface area contributed by atoms with Gasteiger partial charge < -0.3 is 16.2 Å². The number of rotatable bonds is 12. The van der Waals surface area contributed by atoms with Gasteiger partial charge in [0.15, 0.2) is 0 Å². The van der Waals surface area contributed by atoms with E-state index in [1.165, 1.54) is 16.3 Å². The molecule has 4 heteroatoms. The fourth-order valence-corrected chi connectivity index (χ4v) is 4.07. The molecule has 0 aliphatic carbocycles. The van der Waals surface area contributed by atoms with Crippen LogP contribution in [0.3, 0.4) is 0 Å². The van der Waals surface area contributed by atoms with Crippen LogP contribution < -0.4 is 11.1 Å². The predicted molar refractivity (Wildman–Crippen MR) is 126 cm³/mol. The van der Waals surface area contributed by atoms with Gasteiger partial charge in [-0.05, 0) is 53.9 Å². The molecule has 4 N–H and O–H groups in total. The Morgan fingerprint density at radius 2 is 1.87 bits per heavy atom. The van der Waals surface area contributed by atoms with E-state index < -0.39 is 6.10 Å². The number of aliphatic hydroxyl groups excluding tert-OH is 1. The Morgan fingerprint density at radius 1 is 1.17 bits per heavy atom. The minimum Gasteiger partial charge on any atom is -0.391 e. The highest BCUT2D eigenvalue weighted by molar-refractivity contribution is 5.85. The number of carbonyl (C=O) groups excluding carboxylic acids is 1. The fourth-order valence-electron chi connectivity index (χ4n) is 4.07. The lowest BCUT2D eigenvalue weighted by atomic mass is 9.78. The molecule has 0 fully saturated rings. The molecule has 0 aliphatic heterocycles. The van der Waals surface area contributed by atoms with Crippen LogP contribution in [0, 0.1) is 11.3 Å². The van der Waals surface area contributed by atoms with Gasteiger partial charge in [-0.2, -0.15) is 0 Å². The van der Waals surface area contributed by atoms with Gasteiger partial charge in [-0.1, -0.05) is 76.6 Å².